The molecule has 0 spiro atoms. The predicted octanol–water partition coefficient (Wildman–Crippen LogP) is 1.79. The second kappa shape index (κ2) is 6.21. The normalized spacial score (nSPS) is 25.6. The first-order valence-electron chi connectivity index (χ1n) is 6.91. The summed E-state index contributed by atoms with van der Waals surface area (Å²) in [6, 6.07) is -0.349. The highest BCUT2D eigenvalue weighted by atomic mass is 16.2. The molecule has 0 aliphatic carbocycles. The van der Waals surface area contributed by atoms with Gasteiger partial charge < -0.3 is 10.2 Å². The molecule has 1 fully saturated rings. The SMILES string of the molecule is CC(C)CC1NC(=O)CC(C)N(CC(C)C)C1=O. The Hall–Kier alpha value is -1.06. The van der Waals surface area contributed by atoms with Crippen LogP contribution in [0.25, 0.3) is 0 Å². The smallest absolute Gasteiger partial charge is 0.245 e. The lowest BCUT2D eigenvalue weighted by Gasteiger charge is -2.30. The summed E-state index contributed by atoms with van der Waals surface area (Å²) in [5.41, 5.74) is 0. The summed E-state index contributed by atoms with van der Waals surface area (Å²) in [4.78, 5) is 26.1. The van der Waals surface area contributed by atoms with Crippen molar-refractivity contribution >= 4 is 11.8 Å². The van der Waals surface area contributed by atoms with Crippen molar-refractivity contribution in [1.82, 2.24) is 10.2 Å². The van der Waals surface area contributed by atoms with Crippen molar-refractivity contribution in [3.05, 3.63) is 0 Å². The molecule has 2 atom stereocenters. The first-order valence-corrected chi connectivity index (χ1v) is 6.91. The highest BCUT2D eigenvalue weighted by molar-refractivity contribution is 5.90. The fourth-order valence-electron chi connectivity index (χ4n) is 2.41. The van der Waals surface area contributed by atoms with Gasteiger partial charge in [0.05, 0.1) is 0 Å². The number of hydrogen-bond acceptors (Lipinski definition) is 2. The molecule has 1 aliphatic heterocycles. The highest BCUT2D eigenvalue weighted by Gasteiger charge is 2.34. The van der Waals surface area contributed by atoms with Gasteiger partial charge in [-0.2, -0.15) is 0 Å². The Bertz CT molecular complexity index is 313. The van der Waals surface area contributed by atoms with Crippen LogP contribution in [0.1, 0.15) is 47.5 Å². The molecule has 0 radical (unpaired) electrons. The molecule has 104 valence electrons. The van der Waals surface area contributed by atoms with Crippen molar-refractivity contribution in [3.63, 3.8) is 0 Å². The Balaban J connectivity index is 2.87. The summed E-state index contributed by atoms with van der Waals surface area (Å²) in [6.45, 7) is 11.0. The van der Waals surface area contributed by atoms with Crippen LogP contribution in [0.5, 0.6) is 0 Å². The summed E-state index contributed by atoms with van der Waals surface area (Å²) in [7, 11) is 0. The van der Waals surface area contributed by atoms with Crippen molar-refractivity contribution in [3.8, 4) is 0 Å². The Morgan fingerprint density at radius 2 is 1.83 bits per heavy atom. The van der Waals surface area contributed by atoms with E-state index in [9.17, 15) is 9.59 Å². The number of nitrogens with one attached hydrogen (secondary N) is 1. The molecule has 0 aromatic heterocycles. The summed E-state index contributed by atoms with van der Waals surface area (Å²) in [5.74, 6) is 0.890. The molecule has 18 heavy (non-hydrogen) atoms. The van der Waals surface area contributed by atoms with Gasteiger partial charge in [-0.25, -0.2) is 0 Å². The molecule has 0 aromatic rings. The van der Waals surface area contributed by atoms with Crippen molar-refractivity contribution in [2.24, 2.45) is 11.8 Å². The van der Waals surface area contributed by atoms with E-state index >= 15 is 0 Å². The van der Waals surface area contributed by atoms with E-state index in [0.717, 1.165) is 6.54 Å². The van der Waals surface area contributed by atoms with E-state index in [4.69, 9.17) is 0 Å². The van der Waals surface area contributed by atoms with Crippen molar-refractivity contribution in [2.45, 2.75) is 59.5 Å². The number of rotatable bonds is 4. The zero-order valence-electron chi connectivity index (χ0n) is 12.2. The first-order chi connectivity index (χ1) is 8.31. The van der Waals surface area contributed by atoms with Gasteiger partial charge in [-0.3, -0.25) is 9.59 Å². The molecule has 4 heteroatoms. The van der Waals surface area contributed by atoms with Crippen LogP contribution in [0, 0.1) is 11.8 Å². The summed E-state index contributed by atoms with van der Waals surface area (Å²) >= 11 is 0. The van der Waals surface area contributed by atoms with Crippen molar-refractivity contribution in [1.29, 1.82) is 0 Å². The zero-order chi connectivity index (χ0) is 13.9. The molecule has 1 saturated heterocycles. The van der Waals surface area contributed by atoms with E-state index in [1.807, 2.05) is 11.8 Å². The van der Waals surface area contributed by atoms with E-state index in [1.165, 1.54) is 0 Å². The summed E-state index contributed by atoms with van der Waals surface area (Å²) in [5, 5.41) is 2.86. The van der Waals surface area contributed by atoms with Crippen LogP contribution in [-0.4, -0.2) is 35.3 Å². The van der Waals surface area contributed by atoms with Gasteiger partial charge in [0.15, 0.2) is 0 Å². The first kappa shape index (κ1) is 15.0. The molecule has 1 heterocycles. The number of carbonyl (C=O) groups excluding carboxylic acids is 2. The lowest BCUT2D eigenvalue weighted by atomic mass is 10.0. The Kier molecular flexibility index (Phi) is 5.17. The predicted molar refractivity (Wildman–Crippen MR) is 72.0 cm³/mol. The molecule has 0 saturated carbocycles. The number of hydrogen-bond donors (Lipinski definition) is 1. The average molecular weight is 254 g/mol. The van der Waals surface area contributed by atoms with E-state index < -0.39 is 0 Å². The van der Waals surface area contributed by atoms with Crippen LogP contribution < -0.4 is 5.32 Å². The highest BCUT2D eigenvalue weighted by Crippen LogP contribution is 2.17. The van der Waals surface area contributed by atoms with Crippen molar-refractivity contribution < 1.29 is 9.59 Å². The second-order valence-corrected chi connectivity index (χ2v) is 6.19. The molecule has 0 aromatic carbocycles. The fraction of sp³-hybridized carbons (Fsp3) is 0.857. The van der Waals surface area contributed by atoms with Gasteiger partial charge >= 0.3 is 0 Å². The standard InChI is InChI=1S/C14H26N2O2/c1-9(2)6-12-14(18)16(8-10(3)4)11(5)7-13(17)15-12/h9-12H,6-8H2,1-5H3,(H,15,17). The van der Waals surface area contributed by atoms with Gasteiger partial charge in [-0.1, -0.05) is 27.7 Å². The molecule has 1 N–H and O–H groups in total. The number of nitrogens with zero attached hydrogens (tertiary/aromatic N) is 1. The molecule has 1 aliphatic rings. The average Bonchev–Trinajstić information content (AvgIpc) is 2.29. The molecular weight excluding hydrogens is 228 g/mol. The lowest BCUT2D eigenvalue weighted by Crippen LogP contribution is -2.48. The Morgan fingerprint density at radius 3 is 2.33 bits per heavy atom. The maximum absolute atomic E-state index is 12.5. The van der Waals surface area contributed by atoms with Crippen LogP contribution in [0.4, 0.5) is 0 Å². The van der Waals surface area contributed by atoms with Crippen LogP contribution in [-0.2, 0) is 9.59 Å². The van der Waals surface area contributed by atoms with Gasteiger partial charge in [0, 0.05) is 19.0 Å². The quantitative estimate of drug-likeness (QED) is 0.831. The Labute approximate surface area is 110 Å². The lowest BCUT2D eigenvalue weighted by molar-refractivity contribution is -0.135. The van der Waals surface area contributed by atoms with E-state index in [2.05, 4.69) is 33.0 Å². The molecule has 4 nitrogen and oxygen atoms in total. The minimum atomic E-state index is -0.346. The third-order valence-electron chi connectivity index (χ3n) is 3.20. The van der Waals surface area contributed by atoms with E-state index in [1.54, 1.807) is 0 Å². The summed E-state index contributed by atoms with van der Waals surface area (Å²) in [6.07, 6.45) is 1.12. The minimum Gasteiger partial charge on any atom is -0.344 e. The maximum atomic E-state index is 12.5. The van der Waals surface area contributed by atoms with Gasteiger partial charge in [-0.05, 0) is 25.2 Å². The molecule has 0 bridgehead atoms. The number of carbonyl (C=O) groups is 2. The minimum absolute atomic E-state index is 0.00272. The van der Waals surface area contributed by atoms with Gasteiger partial charge in [0.1, 0.15) is 6.04 Å². The molecule has 2 unspecified atom stereocenters. The topological polar surface area (TPSA) is 49.4 Å². The Morgan fingerprint density at radius 1 is 1.22 bits per heavy atom. The summed E-state index contributed by atoms with van der Waals surface area (Å²) < 4.78 is 0. The third-order valence-corrected chi connectivity index (χ3v) is 3.20. The second-order valence-electron chi connectivity index (χ2n) is 6.19. The largest absolute Gasteiger partial charge is 0.344 e. The molecule has 2 amide bonds. The number of amides is 2. The third kappa shape index (κ3) is 4.00. The van der Waals surface area contributed by atoms with E-state index in [0.29, 0.717) is 24.7 Å². The molecule has 1 rings (SSSR count). The molecular formula is C14H26N2O2. The van der Waals surface area contributed by atoms with Gasteiger partial charge in [-0.15, -0.1) is 0 Å². The maximum Gasteiger partial charge on any atom is 0.245 e. The van der Waals surface area contributed by atoms with Crippen LogP contribution in [0.3, 0.4) is 0 Å². The van der Waals surface area contributed by atoms with Crippen molar-refractivity contribution in [2.75, 3.05) is 6.54 Å². The zero-order valence-corrected chi connectivity index (χ0v) is 12.2. The van der Waals surface area contributed by atoms with Gasteiger partial charge in [0.25, 0.3) is 0 Å². The van der Waals surface area contributed by atoms with Gasteiger partial charge in [0.2, 0.25) is 11.8 Å². The van der Waals surface area contributed by atoms with Crippen LogP contribution >= 0.6 is 0 Å². The van der Waals surface area contributed by atoms with Crippen LogP contribution in [0.15, 0.2) is 0 Å². The van der Waals surface area contributed by atoms with Crippen LogP contribution in [0.2, 0.25) is 0 Å². The monoisotopic (exact) mass is 254 g/mol. The van der Waals surface area contributed by atoms with E-state index in [-0.39, 0.29) is 23.9 Å². The fourth-order valence-corrected chi connectivity index (χ4v) is 2.41.